The molecule has 0 aromatic heterocycles. The minimum absolute atomic E-state index is 0.199. The zero-order valence-electron chi connectivity index (χ0n) is 13.8. The molecular weight excluding hydrogens is 359 g/mol. The average Bonchev–Trinajstić information content (AvgIpc) is 2.62. The van der Waals surface area contributed by atoms with Gasteiger partial charge in [0, 0.05) is 29.9 Å². The number of benzene rings is 2. The van der Waals surface area contributed by atoms with Crippen LogP contribution in [0.5, 0.6) is 11.5 Å². The Hall–Kier alpha value is -3.12. The molecule has 134 valence electrons. The Balaban J connectivity index is 2.29. The molecule has 7 heteroatoms. The lowest BCUT2D eigenvalue weighted by Crippen LogP contribution is -2.22. The molecule has 0 aliphatic rings. The maximum atomic E-state index is 13.0. The lowest BCUT2D eigenvalue weighted by Gasteiger charge is -2.12. The van der Waals surface area contributed by atoms with Gasteiger partial charge >= 0.3 is 0 Å². The number of ether oxygens (including phenoxy) is 1. The van der Waals surface area contributed by atoms with Gasteiger partial charge in [0.1, 0.15) is 23.6 Å². The van der Waals surface area contributed by atoms with E-state index in [1.165, 1.54) is 48.6 Å². The van der Waals surface area contributed by atoms with E-state index in [-0.39, 0.29) is 11.3 Å². The van der Waals surface area contributed by atoms with Crippen LogP contribution >= 0.6 is 11.6 Å². The van der Waals surface area contributed by atoms with E-state index < -0.39 is 11.7 Å². The largest absolute Gasteiger partial charge is 0.456 e. The third kappa shape index (κ3) is 5.46. The molecule has 2 aromatic rings. The summed E-state index contributed by atoms with van der Waals surface area (Å²) < 4.78 is 18.7. The number of hydrogen-bond acceptors (Lipinski definition) is 4. The molecule has 2 aromatic carbocycles. The summed E-state index contributed by atoms with van der Waals surface area (Å²) >= 11 is 5.99. The summed E-state index contributed by atoms with van der Waals surface area (Å²) in [6.07, 6.45) is 4.87. The smallest absolute Gasteiger partial charge is 0.259 e. The number of halogens is 2. The van der Waals surface area contributed by atoms with Gasteiger partial charge in [-0.05, 0) is 48.7 Å². The van der Waals surface area contributed by atoms with Crippen molar-refractivity contribution >= 4 is 23.8 Å². The molecule has 0 aliphatic carbocycles. The lowest BCUT2D eigenvalue weighted by atomic mass is 10.1. The predicted octanol–water partition coefficient (Wildman–Crippen LogP) is 3.82. The summed E-state index contributed by atoms with van der Waals surface area (Å²) in [5, 5.41) is 5.74. The van der Waals surface area contributed by atoms with Gasteiger partial charge in [-0.25, -0.2) is 4.39 Å². The molecule has 2 N–H and O–H groups in total. The number of nitrogens with one attached hydrogen (secondary N) is 2. The van der Waals surface area contributed by atoms with Crippen LogP contribution in [-0.4, -0.2) is 19.2 Å². The first-order chi connectivity index (χ1) is 12.5. The molecule has 0 saturated heterocycles. The van der Waals surface area contributed by atoms with Gasteiger partial charge in [0.2, 0.25) is 0 Å². The molecule has 1 amide bonds. The number of aldehydes is 1. The van der Waals surface area contributed by atoms with Crippen molar-refractivity contribution in [3.05, 3.63) is 82.9 Å². The van der Waals surface area contributed by atoms with Crippen molar-refractivity contribution in [1.29, 1.82) is 0 Å². The standard InChI is InChI=1S/C19H16ClFN2O3/c1-22-10-8-15(9-11-24)23-19(25)17-7-2-13(20)12-18(17)26-16-5-3-14(21)4-6-16/h2-12,22H,1H3,(H,23,25)/b10-8-,15-9+. The van der Waals surface area contributed by atoms with Crippen LogP contribution in [0.4, 0.5) is 4.39 Å². The van der Waals surface area contributed by atoms with Crippen LogP contribution in [0.25, 0.3) is 0 Å². The maximum absolute atomic E-state index is 13.0. The van der Waals surface area contributed by atoms with Crippen molar-refractivity contribution in [2.75, 3.05) is 7.05 Å². The van der Waals surface area contributed by atoms with Gasteiger partial charge in [-0.3, -0.25) is 9.59 Å². The maximum Gasteiger partial charge on any atom is 0.259 e. The number of carbonyl (C=O) groups excluding carboxylic acids is 2. The molecule has 0 unspecified atom stereocenters. The molecule has 2 rings (SSSR count). The van der Waals surface area contributed by atoms with Gasteiger partial charge in [-0.2, -0.15) is 0 Å². The van der Waals surface area contributed by atoms with Crippen molar-refractivity contribution in [1.82, 2.24) is 10.6 Å². The normalized spacial score (nSPS) is 11.3. The highest BCUT2D eigenvalue weighted by molar-refractivity contribution is 6.30. The van der Waals surface area contributed by atoms with E-state index in [0.717, 1.165) is 0 Å². The Kier molecular flexibility index (Phi) is 6.93. The zero-order valence-corrected chi connectivity index (χ0v) is 14.6. The van der Waals surface area contributed by atoms with Crippen molar-refractivity contribution in [2.24, 2.45) is 0 Å². The van der Waals surface area contributed by atoms with Crippen LogP contribution in [-0.2, 0) is 4.79 Å². The Bertz CT molecular complexity index is 848. The first-order valence-electron chi connectivity index (χ1n) is 7.57. The second-order valence-corrected chi connectivity index (χ2v) is 5.47. The van der Waals surface area contributed by atoms with Crippen LogP contribution in [0.3, 0.4) is 0 Å². The highest BCUT2D eigenvalue weighted by Crippen LogP contribution is 2.28. The molecule has 5 nitrogen and oxygen atoms in total. The molecule has 0 bridgehead atoms. The number of allylic oxidation sites excluding steroid dienone is 2. The van der Waals surface area contributed by atoms with Crippen molar-refractivity contribution < 1.29 is 18.7 Å². The molecule has 0 radical (unpaired) electrons. The van der Waals surface area contributed by atoms with Gasteiger partial charge in [-0.15, -0.1) is 0 Å². The molecule has 0 spiro atoms. The first kappa shape index (κ1) is 19.2. The fourth-order valence-corrected chi connectivity index (χ4v) is 2.14. The minimum Gasteiger partial charge on any atom is -0.456 e. The average molecular weight is 375 g/mol. The SMILES string of the molecule is CN/C=C\C(=C/C=O)NC(=O)c1ccc(Cl)cc1Oc1ccc(F)cc1. The fraction of sp³-hybridized carbons (Fsp3) is 0.0526. The Labute approximate surface area is 155 Å². The Morgan fingerprint density at radius 2 is 1.92 bits per heavy atom. The molecule has 0 aliphatic heterocycles. The summed E-state index contributed by atoms with van der Waals surface area (Å²) in [6.45, 7) is 0. The zero-order chi connectivity index (χ0) is 18.9. The number of carbonyl (C=O) groups is 2. The summed E-state index contributed by atoms with van der Waals surface area (Å²) in [5.74, 6) is -0.347. The topological polar surface area (TPSA) is 67.4 Å². The minimum atomic E-state index is -0.493. The van der Waals surface area contributed by atoms with E-state index in [4.69, 9.17) is 16.3 Å². The summed E-state index contributed by atoms with van der Waals surface area (Å²) in [6, 6.07) is 9.88. The molecule has 0 fully saturated rings. The van der Waals surface area contributed by atoms with Gasteiger partial charge in [-0.1, -0.05) is 11.6 Å². The second kappa shape index (κ2) is 9.39. The molecule has 0 heterocycles. The van der Waals surface area contributed by atoms with Gasteiger partial charge in [0.25, 0.3) is 5.91 Å². The van der Waals surface area contributed by atoms with Gasteiger partial charge in [0.15, 0.2) is 0 Å². The van der Waals surface area contributed by atoms with E-state index in [0.29, 0.717) is 22.8 Å². The van der Waals surface area contributed by atoms with E-state index in [2.05, 4.69) is 10.6 Å². The van der Waals surface area contributed by atoms with E-state index in [1.54, 1.807) is 19.3 Å². The monoisotopic (exact) mass is 374 g/mol. The fourth-order valence-electron chi connectivity index (χ4n) is 1.98. The summed E-state index contributed by atoms with van der Waals surface area (Å²) in [4.78, 5) is 23.3. The molecular formula is C19H16ClFN2O3. The number of rotatable bonds is 7. The van der Waals surface area contributed by atoms with Crippen molar-refractivity contribution in [2.45, 2.75) is 0 Å². The molecule has 0 atom stereocenters. The van der Waals surface area contributed by atoms with Gasteiger partial charge in [0.05, 0.1) is 5.56 Å². The lowest BCUT2D eigenvalue weighted by molar-refractivity contribution is -0.104. The van der Waals surface area contributed by atoms with E-state index >= 15 is 0 Å². The van der Waals surface area contributed by atoms with Gasteiger partial charge < -0.3 is 15.4 Å². The van der Waals surface area contributed by atoms with Crippen LogP contribution in [0.15, 0.2) is 66.5 Å². The summed E-state index contributed by atoms with van der Waals surface area (Å²) in [5.41, 5.74) is 0.496. The quantitative estimate of drug-likeness (QED) is 0.439. The highest BCUT2D eigenvalue weighted by Gasteiger charge is 2.15. The van der Waals surface area contributed by atoms with Crippen molar-refractivity contribution in [3.8, 4) is 11.5 Å². The van der Waals surface area contributed by atoms with E-state index in [9.17, 15) is 14.0 Å². The Morgan fingerprint density at radius 3 is 2.58 bits per heavy atom. The van der Waals surface area contributed by atoms with Crippen LogP contribution < -0.4 is 15.4 Å². The third-order valence-corrected chi connectivity index (χ3v) is 3.40. The predicted molar refractivity (Wildman–Crippen MR) is 97.7 cm³/mol. The molecule has 26 heavy (non-hydrogen) atoms. The summed E-state index contributed by atoms with van der Waals surface area (Å²) in [7, 11) is 1.69. The van der Waals surface area contributed by atoms with Crippen LogP contribution in [0.1, 0.15) is 10.4 Å². The van der Waals surface area contributed by atoms with Crippen LogP contribution in [0, 0.1) is 5.82 Å². The Morgan fingerprint density at radius 1 is 1.19 bits per heavy atom. The highest BCUT2D eigenvalue weighted by atomic mass is 35.5. The number of hydrogen-bond donors (Lipinski definition) is 2. The first-order valence-corrected chi connectivity index (χ1v) is 7.95. The number of amides is 1. The van der Waals surface area contributed by atoms with Crippen molar-refractivity contribution in [3.63, 3.8) is 0 Å². The molecule has 0 saturated carbocycles. The van der Waals surface area contributed by atoms with Crippen LogP contribution in [0.2, 0.25) is 5.02 Å². The van der Waals surface area contributed by atoms with E-state index in [1.807, 2.05) is 0 Å². The second-order valence-electron chi connectivity index (χ2n) is 5.03. The third-order valence-electron chi connectivity index (χ3n) is 3.16.